The minimum absolute atomic E-state index is 0.645. The van der Waals surface area contributed by atoms with Gasteiger partial charge in [-0.05, 0) is 100 Å². The van der Waals surface area contributed by atoms with Gasteiger partial charge in [0.25, 0.3) is 0 Å². The maximum Gasteiger partial charge on any atom is 0.00698 e. The van der Waals surface area contributed by atoms with E-state index in [0.29, 0.717) is 11.5 Å². The van der Waals surface area contributed by atoms with Crippen LogP contribution in [-0.2, 0) is 0 Å². The molecule has 2 nitrogen and oxygen atoms in total. The maximum atomic E-state index is 3.77. The Morgan fingerprint density at radius 1 is 0.840 bits per heavy atom. The normalized spacial score (nSPS) is 31.9. The molecule has 1 aliphatic heterocycles. The van der Waals surface area contributed by atoms with Crippen LogP contribution in [0.5, 0.6) is 0 Å². The second-order valence-corrected chi connectivity index (χ2v) is 10.4. The molecule has 3 aliphatic rings. The molecule has 0 unspecified atom stereocenters. The third-order valence-corrected chi connectivity index (χ3v) is 7.88. The molecular weight excluding hydrogens is 304 g/mol. The van der Waals surface area contributed by atoms with Gasteiger partial charge >= 0.3 is 0 Å². The summed E-state index contributed by atoms with van der Waals surface area (Å²) in [6, 6.07) is 1.44. The number of hydrogen-bond acceptors (Lipinski definition) is 2. The van der Waals surface area contributed by atoms with Crippen LogP contribution in [0.1, 0.15) is 91.9 Å². The van der Waals surface area contributed by atoms with E-state index in [2.05, 4.69) is 37.9 Å². The van der Waals surface area contributed by atoms with Crippen molar-refractivity contribution >= 4 is 0 Å². The van der Waals surface area contributed by atoms with Crippen molar-refractivity contribution in [3.05, 3.63) is 0 Å². The number of hydrogen-bond donors (Lipinski definition) is 1. The lowest BCUT2D eigenvalue weighted by atomic mass is 9.66. The molecule has 0 amide bonds. The van der Waals surface area contributed by atoms with E-state index in [1.165, 1.54) is 83.8 Å². The lowest BCUT2D eigenvalue weighted by Gasteiger charge is -2.47. The van der Waals surface area contributed by atoms with Gasteiger partial charge in [0, 0.05) is 18.6 Å². The number of likely N-dealkylation sites (tertiary alicyclic amines) is 1. The van der Waals surface area contributed by atoms with Gasteiger partial charge in [-0.1, -0.05) is 27.7 Å². The molecule has 2 aliphatic carbocycles. The largest absolute Gasteiger partial charge is 0.312 e. The first-order valence-corrected chi connectivity index (χ1v) is 11.4. The number of nitrogens with zero attached hydrogens (tertiary/aromatic N) is 1. The van der Waals surface area contributed by atoms with Crippen molar-refractivity contribution in [1.82, 2.24) is 10.2 Å². The molecule has 3 rings (SSSR count). The van der Waals surface area contributed by atoms with Crippen LogP contribution >= 0.6 is 0 Å². The molecule has 0 aromatic rings. The average molecular weight is 349 g/mol. The van der Waals surface area contributed by atoms with Gasteiger partial charge in [-0.3, -0.25) is 0 Å². The van der Waals surface area contributed by atoms with Crippen LogP contribution in [0, 0.1) is 23.2 Å². The lowest BCUT2D eigenvalue weighted by molar-refractivity contribution is 0.0449. The number of nitrogens with one attached hydrogen (secondary N) is 1. The topological polar surface area (TPSA) is 15.3 Å². The minimum atomic E-state index is 0.645. The highest BCUT2D eigenvalue weighted by Gasteiger charge is 2.38. The third kappa shape index (κ3) is 5.45. The fraction of sp³-hybridized carbons (Fsp3) is 1.00. The van der Waals surface area contributed by atoms with Crippen molar-refractivity contribution in [2.45, 2.75) is 104 Å². The zero-order chi connectivity index (χ0) is 17.9. The molecule has 0 atom stereocenters. The van der Waals surface area contributed by atoms with Crippen LogP contribution in [0.2, 0.25) is 0 Å². The van der Waals surface area contributed by atoms with Gasteiger partial charge in [0.2, 0.25) is 0 Å². The van der Waals surface area contributed by atoms with Crippen molar-refractivity contribution in [2.75, 3.05) is 19.6 Å². The minimum Gasteiger partial charge on any atom is -0.312 e. The van der Waals surface area contributed by atoms with Crippen molar-refractivity contribution < 1.29 is 0 Å². The van der Waals surface area contributed by atoms with Gasteiger partial charge in [0.05, 0.1) is 0 Å². The molecule has 1 heterocycles. The smallest absolute Gasteiger partial charge is 0.00698 e. The van der Waals surface area contributed by atoms with Gasteiger partial charge in [0.1, 0.15) is 0 Å². The highest BCUT2D eigenvalue weighted by atomic mass is 15.1. The molecule has 0 bridgehead atoms. The Morgan fingerprint density at radius 3 is 1.96 bits per heavy atom. The molecule has 2 heteroatoms. The number of rotatable bonds is 5. The molecule has 1 spiro atoms. The fourth-order valence-electron chi connectivity index (χ4n) is 5.98. The summed E-state index contributed by atoms with van der Waals surface area (Å²) in [5.41, 5.74) is 0.709. The Hall–Kier alpha value is -0.0800. The Labute approximate surface area is 157 Å². The molecule has 0 aromatic carbocycles. The van der Waals surface area contributed by atoms with Crippen LogP contribution in [0.3, 0.4) is 0 Å². The van der Waals surface area contributed by atoms with E-state index in [1.54, 1.807) is 0 Å². The summed E-state index contributed by atoms with van der Waals surface area (Å²) >= 11 is 0. The third-order valence-electron chi connectivity index (χ3n) is 7.88. The van der Waals surface area contributed by atoms with E-state index in [4.69, 9.17) is 0 Å². The van der Waals surface area contributed by atoms with Gasteiger partial charge in [0.15, 0.2) is 0 Å². The van der Waals surface area contributed by atoms with Gasteiger partial charge in [-0.25, -0.2) is 0 Å². The molecule has 0 aromatic heterocycles. The SMILES string of the molecule is CC(C)NC1CCC2(CC1)CCN(CC1CCC(C(C)C)CC1)CC2. The summed E-state index contributed by atoms with van der Waals surface area (Å²) in [4.78, 5) is 2.82. The van der Waals surface area contributed by atoms with Crippen LogP contribution in [0.25, 0.3) is 0 Å². The monoisotopic (exact) mass is 348 g/mol. The quantitative estimate of drug-likeness (QED) is 0.708. The zero-order valence-corrected chi connectivity index (χ0v) is 17.5. The Morgan fingerprint density at radius 2 is 1.44 bits per heavy atom. The summed E-state index contributed by atoms with van der Waals surface area (Å²) in [6.07, 6.45) is 14.7. The molecule has 25 heavy (non-hydrogen) atoms. The van der Waals surface area contributed by atoms with E-state index >= 15 is 0 Å². The van der Waals surface area contributed by atoms with E-state index in [-0.39, 0.29) is 0 Å². The molecular formula is C23H44N2. The Balaban J connectivity index is 1.37. The lowest BCUT2D eigenvalue weighted by Crippen LogP contribution is -2.46. The molecule has 0 radical (unpaired) electrons. The van der Waals surface area contributed by atoms with Crippen LogP contribution in [0.4, 0.5) is 0 Å². The first kappa shape index (κ1) is 19.7. The van der Waals surface area contributed by atoms with Gasteiger partial charge in [-0.2, -0.15) is 0 Å². The Bertz CT molecular complexity index is 377. The number of piperidine rings is 1. The van der Waals surface area contributed by atoms with E-state index < -0.39 is 0 Å². The molecule has 3 fully saturated rings. The summed E-state index contributed by atoms with van der Waals surface area (Å²) in [5.74, 6) is 2.90. The molecule has 2 saturated carbocycles. The van der Waals surface area contributed by atoms with E-state index in [1.807, 2.05) is 0 Å². The first-order chi connectivity index (χ1) is 12.0. The van der Waals surface area contributed by atoms with Crippen LogP contribution < -0.4 is 5.32 Å². The second kappa shape index (κ2) is 8.74. The summed E-state index contributed by atoms with van der Waals surface area (Å²) in [6.45, 7) is 13.6. The molecule has 1 N–H and O–H groups in total. The van der Waals surface area contributed by atoms with Crippen molar-refractivity contribution in [3.8, 4) is 0 Å². The van der Waals surface area contributed by atoms with Crippen molar-refractivity contribution in [1.29, 1.82) is 0 Å². The van der Waals surface area contributed by atoms with E-state index in [0.717, 1.165) is 23.8 Å². The molecule has 146 valence electrons. The average Bonchev–Trinajstić information content (AvgIpc) is 2.59. The maximum absolute atomic E-state index is 3.77. The summed E-state index contributed by atoms with van der Waals surface area (Å²) in [5, 5.41) is 3.77. The van der Waals surface area contributed by atoms with Crippen molar-refractivity contribution in [2.24, 2.45) is 23.2 Å². The van der Waals surface area contributed by atoms with Gasteiger partial charge in [-0.15, -0.1) is 0 Å². The van der Waals surface area contributed by atoms with Gasteiger partial charge < -0.3 is 10.2 Å². The molecule has 1 saturated heterocycles. The standard InChI is InChI=1S/C23H44N2/c1-18(2)21-7-5-20(6-8-21)17-25-15-13-23(14-16-25)11-9-22(10-12-23)24-19(3)4/h18-22,24H,5-17H2,1-4H3. The van der Waals surface area contributed by atoms with E-state index in [9.17, 15) is 0 Å². The summed E-state index contributed by atoms with van der Waals surface area (Å²) < 4.78 is 0. The fourth-order valence-corrected chi connectivity index (χ4v) is 5.98. The summed E-state index contributed by atoms with van der Waals surface area (Å²) in [7, 11) is 0. The van der Waals surface area contributed by atoms with Crippen LogP contribution in [0.15, 0.2) is 0 Å². The Kier molecular flexibility index (Phi) is 6.88. The predicted octanol–water partition coefficient (Wildman–Crippen LogP) is 5.47. The zero-order valence-electron chi connectivity index (χ0n) is 17.5. The second-order valence-electron chi connectivity index (χ2n) is 10.4. The first-order valence-electron chi connectivity index (χ1n) is 11.4. The predicted molar refractivity (Wildman–Crippen MR) is 109 cm³/mol. The van der Waals surface area contributed by atoms with Crippen molar-refractivity contribution in [3.63, 3.8) is 0 Å². The highest BCUT2D eigenvalue weighted by Crippen LogP contribution is 2.45. The van der Waals surface area contributed by atoms with Crippen LogP contribution in [-0.4, -0.2) is 36.6 Å². The highest BCUT2D eigenvalue weighted by molar-refractivity contribution is 4.92.